The fourth-order valence-electron chi connectivity index (χ4n) is 3.75. The first-order valence-corrected chi connectivity index (χ1v) is 13.2. The van der Waals surface area contributed by atoms with Gasteiger partial charge in [-0.15, -0.1) is 0 Å². The molecule has 1 saturated heterocycles. The van der Waals surface area contributed by atoms with Gasteiger partial charge in [-0.1, -0.05) is 29.3 Å². The van der Waals surface area contributed by atoms with Gasteiger partial charge in [0.1, 0.15) is 11.6 Å². The molecule has 4 rings (SSSR count). The fraction of sp³-hybridized carbons (Fsp3) is 0.261. The number of rotatable bonds is 7. The van der Waals surface area contributed by atoms with Crippen LogP contribution in [0, 0.1) is 0 Å². The molecule has 0 aliphatic carbocycles. The van der Waals surface area contributed by atoms with Gasteiger partial charge in [0, 0.05) is 38.8 Å². The van der Waals surface area contributed by atoms with E-state index in [1.807, 2.05) is 12.1 Å². The standard InChI is InChI=1S/C23H23Cl2N5O3S/c1-34(32,33)30-11-9-29(10-12-30)17-5-6-21(27-15-17)28-22-14-16(7-8-26-22)13-20(31)23-18(24)3-2-4-19(23)25/h2-8,14-15H,9-13H2,1H3,(H,26,27,28). The Balaban J connectivity index is 1.39. The number of nitrogens with zero attached hydrogens (tertiary/aromatic N) is 4. The van der Waals surface area contributed by atoms with E-state index in [4.69, 9.17) is 23.2 Å². The Morgan fingerprint density at radius 3 is 2.32 bits per heavy atom. The zero-order valence-electron chi connectivity index (χ0n) is 18.4. The molecule has 0 saturated carbocycles. The molecule has 1 aliphatic rings. The van der Waals surface area contributed by atoms with E-state index in [1.165, 1.54) is 10.6 Å². The molecule has 34 heavy (non-hydrogen) atoms. The van der Waals surface area contributed by atoms with Crippen molar-refractivity contribution in [2.45, 2.75) is 6.42 Å². The summed E-state index contributed by atoms with van der Waals surface area (Å²) in [5, 5.41) is 3.80. The Morgan fingerprint density at radius 1 is 1.00 bits per heavy atom. The lowest BCUT2D eigenvalue weighted by atomic mass is 10.0. The molecule has 1 aliphatic heterocycles. The molecule has 0 spiro atoms. The van der Waals surface area contributed by atoms with E-state index in [-0.39, 0.29) is 12.2 Å². The van der Waals surface area contributed by atoms with Gasteiger partial charge in [-0.05, 0) is 42.0 Å². The summed E-state index contributed by atoms with van der Waals surface area (Å²) >= 11 is 12.3. The molecule has 0 atom stereocenters. The number of pyridine rings is 2. The molecule has 8 nitrogen and oxygen atoms in total. The van der Waals surface area contributed by atoms with Crippen molar-refractivity contribution >= 4 is 56.3 Å². The number of carbonyl (C=O) groups excluding carboxylic acids is 1. The van der Waals surface area contributed by atoms with E-state index in [0.717, 1.165) is 11.3 Å². The zero-order valence-corrected chi connectivity index (χ0v) is 20.7. The predicted molar refractivity (Wildman–Crippen MR) is 135 cm³/mol. The number of anilines is 3. The Labute approximate surface area is 208 Å². The Hall–Kier alpha value is -2.72. The van der Waals surface area contributed by atoms with Crippen molar-refractivity contribution in [3.05, 3.63) is 76.0 Å². The summed E-state index contributed by atoms with van der Waals surface area (Å²) in [5.41, 5.74) is 1.99. The van der Waals surface area contributed by atoms with E-state index < -0.39 is 10.0 Å². The normalized spacial score (nSPS) is 14.7. The molecule has 0 bridgehead atoms. The molecule has 3 heterocycles. The summed E-state index contributed by atoms with van der Waals surface area (Å²) in [4.78, 5) is 23.6. The topological polar surface area (TPSA) is 95.5 Å². The van der Waals surface area contributed by atoms with Crippen LogP contribution in [0.15, 0.2) is 54.9 Å². The molecule has 1 N–H and O–H groups in total. The lowest BCUT2D eigenvalue weighted by molar-refractivity contribution is 0.0993. The van der Waals surface area contributed by atoms with Crippen LogP contribution >= 0.6 is 23.2 Å². The Morgan fingerprint density at radius 2 is 1.71 bits per heavy atom. The summed E-state index contributed by atoms with van der Waals surface area (Å²) in [5.74, 6) is 0.979. The zero-order chi connectivity index (χ0) is 24.3. The van der Waals surface area contributed by atoms with Gasteiger partial charge in [-0.2, -0.15) is 4.31 Å². The largest absolute Gasteiger partial charge is 0.368 e. The van der Waals surface area contributed by atoms with Crippen molar-refractivity contribution in [2.75, 3.05) is 42.7 Å². The first-order chi connectivity index (χ1) is 16.2. The van der Waals surface area contributed by atoms with Crippen molar-refractivity contribution in [3.63, 3.8) is 0 Å². The molecule has 0 radical (unpaired) electrons. The molecule has 3 aromatic rings. The molecular formula is C23H23Cl2N5O3S. The average molecular weight is 520 g/mol. The van der Waals surface area contributed by atoms with E-state index in [2.05, 4.69) is 20.2 Å². The monoisotopic (exact) mass is 519 g/mol. The minimum atomic E-state index is -3.16. The van der Waals surface area contributed by atoms with Gasteiger partial charge in [-0.3, -0.25) is 4.79 Å². The first-order valence-electron chi connectivity index (χ1n) is 10.6. The van der Waals surface area contributed by atoms with Crippen LogP contribution in [0.5, 0.6) is 0 Å². The van der Waals surface area contributed by atoms with Gasteiger partial charge in [0.25, 0.3) is 0 Å². The maximum absolute atomic E-state index is 12.7. The number of benzene rings is 1. The number of nitrogens with one attached hydrogen (secondary N) is 1. The number of aromatic nitrogens is 2. The van der Waals surface area contributed by atoms with Crippen LogP contribution in [0.1, 0.15) is 15.9 Å². The van der Waals surface area contributed by atoms with E-state index >= 15 is 0 Å². The molecule has 1 fully saturated rings. The lowest BCUT2D eigenvalue weighted by Crippen LogP contribution is -2.48. The third-order valence-electron chi connectivity index (χ3n) is 5.51. The predicted octanol–water partition coefficient (Wildman–Crippen LogP) is 4.03. The average Bonchev–Trinajstić information content (AvgIpc) is 2.79. The maximum Gasteiger partial charge on any atom is 0.211 e. The van der Waals surface area contributed by atoms with Crippen LogP contribution in [0.2, 0.25) is 10.0 Å². The summed E-state index contributed by atoms with van der Waals surface area (Å²) in [7, 11) is -3.16. The highest BCUT2D eigenvalue weighted by Gasteiger charge is 2.23. The number of hydrogen-bond acceptors (Lipinski definition) is 7. The highest BCUT2D eigenvalue weighted by molar-refractivity contribution is 7.88. The Bertz CT molecular complexity index is 1270. The van der Waals surface area contributed by atoms with E-state index in [9.17, 15) is 13.2 Å². The second-order valence-corrected chi connectivity index (χ2v) is 10.7. The van der Waals surface area contributed by atoms with Gasteiger partial charge in [0.15, 0.2) is 5.78 Å². The molecule has 178 valence electrons. The highest BCUT2D eigenvalue weighted by atomic mass is 35.5. The van der Waals surface area contributed by atoms with Crippen LogP contribution in [0.3, 0.4) is 0 Å². The fourth-order valence-corrected chi connectivity index (χ4v) is 5.18. The molecule has 11 heteroatoms. The summed E-state index contributed by atoms with van der Waals surface area (Å²) in [6.07, 6.45) is 4.72. The second-order valence-electron chi connectivity index (χ2n) is 7.92. The molecule has 0 unspecified atom stereocenters. The highest BCUT2D eigenvalue weighted by Crippen LogP contribution is 2.26. The number of piperazine rings is 1. The van der Waals surface area contributed by atoms with Crippen LogP contribution < -0.4 is 10.2 Å². The van der Waals surface area contributed by atoms with Crippen LogP contribution in [0.4, 0.5) is 17.3 Å². The maximum atomic E-state index is 12.7. The minimum absolute atomic E-state index is 0.131. The lowest BCUT2D eigenvalue weighted by Gasteiger charge is -2.34. The number of Topliss-reactive ketones (excluding diaryl/α,β-unsaturated/α-hetero) is 1. The van der Waals surface area contributed by atoms with Crippen molar-refractivity contribution in [2.24, 2.45) is 0 Å². The van der Waals surface area contributed by atoms with E-state index in [0.29, 0.717) is 53.4 Å². The van der Waals surface area contributed by atoms with Gasteiger partial charge in [0.05, 0.1) is 33.7 Å². The smallest absolute Gasteiger partial charge is 0.211 e. The number of carbonyl (C=O) groups is 1. The van der Waals surface area contributed by atoms with Gasteiger partial charge in [-0.25, -0.2) is 18.4 Å². The third kappa shape index (κ3) is 5.85. The SMILES string of the molecule is CS(=O)(=O)N1CCN(c2ccc(Nc3cc(CC(=O)c4c(Cl)cccc4Cl)ccn3)nc2)CC1. The van der Waals surface area contributed by atoms with Crippen LogP contribution in [-0.2, 0) is 16.4 Å². The summed E-state index contributed by atoms with van der Waals surface area (Å²) in [6.45, 7) is 2.12. The van der Waals surface area contributed by atoms with Crippen molar-refractivity contribution in [3.8, 4) is 0 Å². The third-order valence-corrected chi connectivity index (χ3v) is 7.44. The van der Waals surface area contributed by atoms with Crippen LogP contribution in [-0.4, -0.2) is 60.9 Å². The number of halogens is 2. The minimum Gasteiger partial charge on any atom is -0.368 e. The van der Waals surface area contributed by atoms with E-state index in [1.54, 1.807) is 42.7 Å². The first kappa shape index (κ1) is 24.4. The van der Waals surface area contributed by atoms with Crippen molar-refractivity contribution < 1.29 is 13.2 Å². The van der Waals surface area contributed by atoms with Crippen LogP contribution in [0.25, 0.3) is 0 Å². The number of sulfonamides is 1. The molecule has 2 aromatic heterocycles. The van der Waals surface area contributed by atoms with Gasteiger partial charge >= 0.3 is 0 Å². The molecule has 0 amide bonds. The molecular weight excluding hydrogens is 497 g/mol. The summed E-state index contributed by atoms with van der Waals surface area (Å²) in [6, 6.07) is 12.3. The number of ketones is 1. The van der Waals surface area contributed by atoms with Gasteiger partial charge in [0.2, 0.25) is 10.0 Å². The van der Waals surface area contributed by atoms with Crippen molar-refractivity contribution in [1.82, 2.24) is 14.3 Å². The summed E-state index contributed by atoms with van der Waals surface area (Å²) < 4.78 is 24.8. The quantitative estimate of drug-likeness (QED) is 0.470. The molecule has 1 aromatic carbocycles. The second kappa shape index (κ2) is 10.3. The van der Waals surface area contributed by atoms with Crippen molar-refractivity contribution in [1.29, 1.82) is 0 Å². The Kier molecular flexibility index (Phi) is 7.37. The number of hydrogen-bond donors (Lipinski definition) is 1. The van der Waals surface area contributed by atoms with Gasteiger partial charge < -0.3 is 10.2 Å².